The fourth-order valence-electron chi connectivity index (χ4n) is 2.55. The summed E-state index contributed by atoms with van der Waals surface area (Å²) in [4.78, 5) is 16.7. The third kappa shape index (κ3) is 4.28. The number of amides is 1. The largest absolute Gasteiger partial charge is 0.495 e. The highest BCUT2D eigenvalue weighted by Gasteiger charge is 2.21. The molecule has 0 spiro atoms. The summed E-state index contributed by atoms with van der Waals surface area (Å²) in [6.45, 7) is 3.69. The Bertz CT molecular complexity index is 993. The van der Waals surface area contributed by atoms with Gasteiger partial charge in [0.15, 0.2) is 11.0 Å². The van der Waals surface area contributed by atoms with Crippen molar-refractivity contribution in [3.05, 3.63) is 47.2 Å². The van der Waals surface area contributed by atoms with Crippen LogP contribution in [-0.2, 0) is 11.8 Å². The van der Waals surface area contributed by atoms with Gasteiger partial charge in [-0.2, -0.15) is 0 Å². The number of hydrogen-bond acceptors (Lipinski definition) is 6. The standard InChI is InChI=1S/C19H20ClN5O2S/c1-11-9-15(16(27-4)10-14(11)20)22-18(26)12(2)28-19-24-23-17(25(19)3)13-5-7-21-8-6-13/h5-10,12H,1-4H3,(H,22,26)/t12-/m0/s1. The maximum Gasteiger partial charge on any atom is 0.237 e. The fraction of sp³-hybridized carbons (Fsp3) is 0.263. The lowest BCUT2D eigenvalue weighted by molar-refractivity contribution is -0.115. The Morgan fingerprint density at radius 1 is 1.29 bits per heavy atom. The Morgan fingerprint density at radius 3 is 2.68 bits per heavy atom. The Balaban J connectivity index is 1.74. The van der Waals surface area contributed by atoms with Crippen molar-refractivity contribution in [2.75, 3.05) is 12.4 Å². The first-order valence-corrected chi connectivity index (χ1v) is 9.78. The summed E-state index contributed by atoms with van der Waals surface area (Å²) in [7, 11) is 3.41. The van der Waals surface area contributed by atoms with Crippen LogP contribution < -0.4 is 10.1 Å². The number of anilines is 1. The van der Waals surface area contributed by atoms with Crippen LogP contribution in [0.5, 0.6) is 5.75 Å². The van der Waals surface area contributed by atoms with E-state index < -0.39 is 5.25 Å². The molecule has 1 atom stereocenters. The van der Waals surface area contributed by atoms with Gasteiger partial charge in [0.05, 0.1) is 18.0 Å². The molecule has 0 aliphatic heterocycles. The van der Waals surface area contributed by atoms with Crippen molar-refractivity contribution in [3.8, 4) is 17.1 Å². The van der Waals surface area contributed by atoms with Gasteiger partial charge in [-0.15, -0.1) is 10.2 Å². The summed E-state index contributed by atoms with van der Waals surface area (Å²) >= 11 is 7.45. The van der Waals surface area contributed by atoms with Crippen LogP contribution in [0.2, 0.25) is 5.02 Å². The molecule has 7 nitrogen and oxygen atoms in total. The van der Waals surface area contributed by atoms with E-state index in [0.29, 0.717) is 27.4 Å². The molecular formula is C19H20ClN5O2S. The van der Waals surface area contributed by atoms with E-state index in [9.17, 15) is 4.79 Å². The highest BCUT2D eigenvalue weighted by Crippen LogP contribution is 2.32. The van der Waals surface area contributed by atoms with Crippen LogP contribution >= 0.6 is 23.4 Å². The van der Waals surface area contributed by atoms with Crippen molar-refractivity contribution < 1.29 is 9.53 Å². The number of thioether (sulfide) groups is 1. The van der Waals surface area contributed by atoms with E-state index in [1.54, 1.807) is 24.5 Å². The minimum atomic E-state index is -0.395. The summed E-state index contributed by atoms with van der Waals surface area (Å²) in [5.41, 5.74) is 2.35. The van der Waals surface area contributed by atoms with Gasteiger partial charge in [-0.3, -0.25) is 9.78 Å². The highest BCUT2D eigenvalue weighted by atomic mass is 35.5. The van der Waals surface area contributed by atoms with Crippen LogP contribution in [-0.4, -0.2) is 38.0 Å². The summed E-state index contributed by atoms with van der Waals surface area (Å²) in [5, 5.41) is 12.2. The average Bonchev–Trinajstić information content (AvgIpc) is 3.05. The molecule has 0 bridgehead atoms. The van der Waals surface area contributed by atoms with Crippen LogP contribution in [0, 0.1) is 6.92 Å². The molecule has 2 aromatic heterocycles. The van der Waals surface area contributed by atoms with Gasteiger partial charge in [0.25, 0.3) is 0 Å². The molecular weight excluding hydrogens is 398 g/mol. The molecule has 3 aromatic rings. The van der Waals surface area contributed by atoms with Crippen LogP contribution in [0.25, 0.3) is 11.4 Å². The van der Waals surface area contributed by atoms with Crippen LogP contribution in [0.15, 0.2) is 41.8 Å². The fourth-order valence-corrected chi connectivity index (χ4v) is 3.51. The second-order valence-electron chi connectivity index (χ2n) is 6.15. The van der Waals surface area contributed by atoms with Gasteiger partial charge >= 0.3 is 0 Å². The summed E-state index contributed by atoms with van der Waals surface area (Å²) in [5.74, 6) is 1.06. The first-order chi connectivity index (χ1) is 13.4. The Labute approximate surface area is 172 Å². The minimum absolute atomic E-state index is 0.168. The van der Waals surface area contributed by atoms with Crippen molar-refractivity contribution in [3.63, 3.8) is 0 Å². The number of methoxy groups -OCH3 is 1. The minimum Gasteiger partial charge on any atom is -0.495 e. The van der Waals surface area contributed by atoms with E-state index in [1.165, 1.54) is 18.9 Å². The molecule has 0 radical (unpaired) electrons. The van der Waals surface area contributed by atoms with E-state index >= 15 is 0 Å². The molecule has 0 unspecified atom stereocenters. The zero-order chi connectivity index (χ0) is 20.3. The zero-order valence-corrected chi connectivity index (χ0v) is 17.5. The number of rotatable bonds is 6. The van der Waals surface area contributed by atoms with Gasteiger partial charge in [-0.25, -0.2) is 0 Å². The lowest BCUT2D eigenvalue weighted by Gasteiger charge is -2.15. The molecule has 0 aliphatic rings. The molecule has 1 aromatic carbocycles. The maximum absolute atomic E-state index is 12.7. The number of aryl methyl sites for hydroxylation is 1. The van der Waals surface area contributed by atoms with Gasteiger partial charge in [-0.05, 0) is 37.6 Å². The molecule has 0 saturated carbocycles. The third-order valence-electron chi connectivity index (χ3n) is 4.16. The van der Waals surface area contributed by atoms with Crippen molar-refractivity contribution in [1.82, 2.24) is 19.7 Å². The topological polar surface area (TPSA) is 81.9 Å². The normalized spacial score (nSPS) is 11.9. The quantitative estimate of drug-likeness (QED) is 0.611. The molecule has 0 fully saturated rings. The van der Waals surface area contributed by atoms with Gasteiger partial charge < -0.3 is 14.6 Å². The van der Waals surface area contributed by atoms with Crippen molar-refractivity contribution >= 4 is 35.0 Å². The van der Waals surface area contributed by atoms with Crippen molar-refractivity contribution in [2.24, 2.45) is 7.05 Å². The molecule has 3 rings (SSSR count). The zero-order valence-electron chi connectivity index (χ0n) is 15.9. The predicted molar refractivity (Wildman–Crippen MR) is 111 cm³/mol. The number of carbonyl (C=O) groups excluding carboxylic acids is 1. The van der Waals surface area contributed by atoms with E-state index in [-0.39, 0.29) is 5.91 Å². The molecule has 1 amide bonds. The van der Waals surface area contributed by atoms with Gasteiger partial charge in [-0.1, -0.05) is 23.4 Å². The number of carbonyl (C=O) groups is 1. The Kier molecular flexibility index (Phi) is 6.21. The van der Waals surface area contributed by atoms with E-state index in [1.807, 2.05) is 37.6 Å². The van der Waals surface area contributed by atoms with Gasteiger partial charge in [0.2, 0.25) is 5.91 Å². The third-order valence-corrected chi connectivity index (χ3v) is 5.70. The van der Waals surface area contributed by atoms with Gasteiger partial charge in [0.1, 0.15) is 5.75 Å². The van der Waals surface area contributed by atoms with E-state index in [4.69, 9.17) is 16.3 Å². The molecule has 9 heteroatoms. The van der Waals surface area contributed by atoms with Crippen molar-refractivity contribution in [1.29, 1.82) is 0 Å². The molecule has 1 N–H and O–H groups in total. The Hall–Kier alpha value is -2.58. The highest BCUT2D eigenvalue weighted by molar-refractivity contribution is 8.00. The number of hydrogen-bond donors (Lipinski definition) is 1. The predicted octanol–water partition coefficient (Wildman–Crippen LogP) is 3.97. The first kappa shape index (κ1) is 20.2. The number of pyridine rings is 1. The average molecular weight is 418 g/mol. The summed E-state index contributed by atoms with van der Waals surface area (Å²) in [6.07, 6.45) is 3.41. The van der Waals surface area contributed by atoms with E-state index in [0.717, 1.165) is 11.1 Å². The summed E-state index contributed by atoms with van der Waals surface area (Å²) in [6, 6.07) is 7.21. The molecule has 0 aliphatic carbocycles. The van der Waals surface area contributed by atoms with Gasteiger partial charge in [0, 0.05) is 36.1 Å². The lowest BCUT2D eigenvalue weighted by atomic mass is 10.2. The SMILES string of the molecule is COc1cc(Cl)c(C)cc1NC(=O)[C@H](C)Sc1nnc(-c2ccncc2)n1C. The lowest BCUT2D eigenvalue weighted by Crippen LogP contribution is -2.23. The van der Waals surface area contributed by atoms with Crippen LogP contribution in [0.1, 0.15) is 12.5 Å². The number of nitrogens with one attached hydrogen (secondary N) is 1. The van der Waals surface area contributed by atoms with Crippen molar-refractivity contribution in [2.45, 2.75) is 24.3 Å². The number of nitrogens with zero attached hydrogens (tertiary/aromatic N) is 4. The second kappa shape index (κ2) is 8.62. The second-order valence-corrected chi connectivity index (χ2v) is 7.87. The maximum atomic E-state index is 12.7. The van der Waals surface area contributed by atoms with Crippen LogP contribution in [0.4, 0.5) is 5.69 Å². The number of benzene rings is 1. The van der Waals surface area contributed by atoms with E-state index in [2.05, 4.69) is 20.5 Å². The monoisotopic (exact) mass is 417 g/mol. The smallest absolute Gasteiger partial charge is 0.237 e. The number of ether oxygens (including phenoxy) is 1. The molecule has 28 heavy (non-hydrogen) atoms. The number of halogens is 1. The summed E-state index contributed by atoms with van der Waals surface area (Å²) < 4.78 is 7.17. The molecule has 0 saturated heterocycles. The number of aromatic nitrogens is 4. The first-order valence-electron chi connectivity index (χ1n) is 8.52. The Morgan fingerprint density at radius 2 is 2.00 bits per heavy atom. The molecule has 2 heterocycles. The van der Waals surface area contributed by atoms with Crippen LogP contribution in [0.3, 0.4) is 0 Å². The molecule has 146 valence electrons.